The van der Waals surface area contributed by atoms with Crippen molar-refractivity contribution >= 4 is 0 Å². The van der Waals surface area contributed by atoms with Gasteiger partial charge in [-0.2, -0.15) is 4.57 Å². The molecule has 0 fully saturated rings. The fourth-order valence-corrected chi connectivity index (χ4v) is 6.06. The van der Waals surface area contributed by atoms with Crippen LogP contribution in [0.3, 0.4) is 0 Å². The Hall–Kier alpha value is -1.63. The summed E-state index contributed by atoms with van der Waals surface area (Å²) in [7, 11) is 0. The van der Waals surface area contributed by atoms with E-state index in [2.05, 4.69) is 96.5 Å². The summed E-state index contributed by atoms with van der Waals surface area (Å²) in [5.74, 6) is 0. The summed E-state index contributed by atoms with van der Waals surface area (Å²) in [6.45, 7) is 19.5. The van der Waals surface area contributed by atoms with Gasteiger partial charge in [-0.15, -0.1) is 0 Å². The van der Waals surface area contributed by atoms with Gasteiger partial charge in [-0.3, -0.25) is 0 Å². The topological polar surface area (TPSA) is 3.88 Å². The summed E-state index contributed by atoms with van der Waals surface area (Å²) in [6.07, 6.45) is 7.12. The van der Waals surface area contributed by atoms with Gasteiger partial charge in [-0.1, -0.05) is 47.6 Å². The first-order chi connectivity index (χ1) is 13.0. The van der Waals surface area contributed by atoms with E-state index in [0.29, 0.717) is 0 Å². The summed E-state index contributed by atoms with van der Waals surface area (Å²) in [5.41, 5.74) is 8.25. The van der Waals surface area contributed by atoms with Crippen LogP contribution in [0.15, 0.2) is 36.5 Å². The Balaban J connectivity index is 2.13. The fourth-order valence-electron chi connectivity index (χ4n) is 6.06. The van der Waals surface area contributed by atoms with Gasteiger partial charge in [0.25, 0.3) is 0 Å². The van der Waals surface area contributed by atoms with Gasteiger partial charge in [-0.05, 0) is 65.8 Å². The van der Waals surface area contributed by atoms with E-state index in [1.807, 2.05) is 0 Å². The van der Waals surface area contributed by atoms with Crippen LogP contribution in [0, 0.1) is 0 Å². The lowest BCUT2D eigenvalue weighted by atomic mass is 9.57. The molecule has 0 N–H and O–H groups in total. The molecule has 0 bridgehead atoms. The van der Waals surface area contributed by atoms with Gasteiger partial charge < -0.3 is 0 Å². The van der Waals surface area contributed by atoms with E-state index in [-0.39, 0.29) is 21.8 Å². The molecule has 0 saturated carbocycles. The van der Waals surface area contributed by atoms with E-state index in [9.17, 15) is 0 Å². The molecule has 2 aromatic rings. The molecule has 150 valence electrons. The molecule has 0 radical (unpaired) electrons. The predicted octanol–water partition coefficient (Wildman–Crippen LogP) is 6.80. The maximum absolute atomic E-state index is 2.62. The monoisotopic (exact) mass is 376 g/mol. The molecule has 0 spiro atoms. The zero-order valence-electron chi connectivity index (χ0n) is 19.2. The average Bonchev–Trinajstić information content (AvgIpc) is 2.69. The SMILES string of the molecule is CCC1(C)c2cc3c(cc2-c2cccc[n+]2C1(C)CC)C(C)(C)CCC3(C)C. The molecule has 1 heteroatoms. The van der Waals surface area contributed by atoms with Crippen molar-refractivity contribution < 1.29 is 4.57 Å². The molecule has 1 aliphatic carbocycles. The van der Waals surface area contributed by atoms with Gasteiger partial charge in [0.05, 0.1) is 11.0 Å². The number of pyridine rings is 1. The highest BCUT2D eigenvalue weighted by Gasteiger charge is 2.57. The molecule has 2 atom stereocenters. The molecule has 2 heterocycles. The maximum atomic E-state index is 2.62. The van der Waals surface area contributed by atoms with Crippen molar-refractivity contribution in [2.75, 3.05) is 0 Å². The van der Waals surface area contributed by atoms with Crippen LogP contribution in [0.5, 0.6) is 0 Å². The van der Waals surface area contributed by atoms with Crippen molar-refractivity contribution in [3.05, 3.63) is 53.2 Å². The van der Waals surface area contributed by atoms with Crippen LogP contribution in [-0.2, 0) is 21.8 Å². The smallest absolute Gasteiger partial charge is 0.192 e. The average molecular weight is 377 g/mol. The molecular weight excluding hydrogens is 338 g/mol. The third kappa shape index (κ3) is 2.34. The maximum Gasteiger partial charge on any atom is 0.213 e. The van der Waals surface area contributed by atoms with E-state index in [4.69, 9.17) is 0 Å². The van der Waals surface area contributed by atoms with Gasteiger partial charge in [-0.25, -0.2) is 0 Å². The molecule has 0 amide bonds. The second-order valence-corrected chi connectivity index (χ2v) is 11.0. The molecule has 0 saturated heterocycles. The highest BCUT2D eigenvalue weighted by Crippen LogP contribution is 2.54. The minimum absolute atomic E-state index is 0.0773. The van der Waals surface area contributed by atoms with Crippen LogP contribution in [-0.4, -0.2) is 0 Å². The number of rotatable bonds is 2. The highest BCUT2D eigenvalue weighted by atomic mass is 15.1. The second-order valence-electron chi connectivity index (χ2n) is 11.0. The van der Waals surface area contributed by atoms with Crippen molar-refractivity contribution in [3.8, 4) is 11.3 Å². The van der Waals surface area contributed by atoms with Gasteiger partial charge >= 0.3 is 0 Å². The predicted molar refractivity (Wildman–Crippen MR) is 119 cm³/mol. The van der Waals surface area contributed by atoms with Crippen LogP contribution in [0.25, 0.3) is 11.3 Å². The van der Waals surface area contributed by atoms with Crippen molar-refractivity contribution in [1.29, 1.82) is 0 Å². The Morgan fingerprint density at radius 2 is 1.39 bits per heavy atom. The Morgan fingerprint density at radius 1 is 0.786 bits per heavy atom. The summed E-state index contributed by atoms with van der Waals surface area (Å²) < 4.78 is 2.58. The lowest BCUT2D eigenvalue weighted by Crippen LogP contribution is -2.67. The number of aromatic nitrogens is 1. The molecule has 1 nitrogen and oxygen atoms in total. The minimum atomic E-state index is 0.0773. The van der Waals surface area contributed by atoms with Gasteiger partial charge in [0.15, 0.2) is 11.7 Å². The molecule has 28 heavy (non-hydrogen) atoms. The molecule has 1 aromatic carbocycles. The zero-order chi connectivity index (χ0) is 20.5. The molecule has 4 rings (SSSR count). The van der Waals surface area contributed by atoms with Crippen LogP contribution < -0.4 is 4.57 Å². The Bertz CT molecular complexity index is 935. The standard InChI is InChI=1S/C27H38N/c1-9-26(7)20-18-22-21(24(3,4)14-15-25(22,5)6)17-19(20)23-13-11-12-16-28(23)27(26,8)10-2/h11-13,16-18H,9-10,14-15H2,1-8H3/q+1. The number of fused-ring (bicyclic) bond motifs is 4. The highest BCUT2D eigenvalue weighted by molar-refractivity contribution is 5.69. The van der Waals surface area contributed by atoms with Gasteiger partial charge in [0, 0.05) is 25.5 Å². The lowest BCUT2D eigenvalue weighted by molar-refractivity contribution is -0.765. The Morgan fingerprint density at radius 3 is 1.96 bits per heavy atom. The first kappa shape index (κ1) is 19.7. The van der Waals surface area contributed by atoms with Crippen molar-refractivity contribution in [1.82, 2.24) is 0 Å². The van der Waals surface area contributed by atoms with E-state index in [1.165, 1.54) is 24.1 Å². The third-order valence-electron chi connectivity index (χ3n) is 8.84. The number of benzene rings is 1. The fraction of sp³-hybridized carbons (Fsp3) is 0.593. The molecule has 1 aliphatic heterocycles. The molecule has 2 aliphatic rings. The molecular formula is C27H38N+. The first-order valence-corrected chi connectivity index (χ1v) is 11.2. The number of nitrogens with zero attached hydrogens (tertiary/aromatic N) is 1. The van der Waals surface area contributed by atoms with Crippen molar-refractivity contribution in [3.63, 3.8) is 0 Å². The lowest BCUT2D eigenvalue weighted by Gasteiger charge is -2.48. The van der Waals surface area contributed by atoms with Crippen LogP contribution in [0.2, 0.25) is 0 Å². The third-order valence-corrected chi connectivity index (χ3v) is 8.84. The summed E-state index contributed by atoms with van der Waals surface area (Å²) in [6, 6.07) is 11.9. The first-order valence-electron chi connectivity index (χ1n) is 11.2. The number of hydrogen-bond donors (Lipinski definition) is 0. The van der Waals surface area contributed by atoms with Crippen LogP contribution in [0.4, 0.5) is 0 Å². The van der Waals surface area contributed by atoms with Gasteiger partial charge in [0.2, 0.25) is 5.69 Å². The normalized spacial score (nSPS) is 29.6. The van der Waals surface area contributed by atoms with Crippen molar-refractivity contribution in [2.24, 2.45) is 0 Å². The van der Waals surface area contributed by atoms with Gasteiger partial charge in [0.1, 0.15) is 0 Å². The Labute approximate surface area is 172 Å². The van der Waals surface area contributed by atoms with E-state index in [1.54, 1.807) is 16.7 Å². The minimum Gasteiger partial charge on any atom is -0.192 e. The van der Waals surface area contributed by atoms with E-state index >= 15 is 0 Å². The summed E-state index contributed by atoms with van der Waals surface area (Å²) in [4.78, 5) is 0. The molecule has 1 aromatic heterocycles. The van der Waals surface area contributed by atoms with Crippen molar-refractivity contribution in [2.45, 2.75) is 103 Å². The second kappa shape index (κ2) is 5.94. The summed E-state index contributed by atoms with van der Waals surface area (Å²) >= 11 is 0. The van der Waals surface area contributed by atoms with Crippen LogP contribution >= 0.6 is 0 Å². The Kier molecular flexibility index (Phi) is 4.17. The number of hydrogen-bond acceptors (Lipinski definition) is 0. The van der Waals surface area contributed by atoms with E-state index < -0.39 is 0 Å². The quantitative estimate of drug-likeness (QED) is 0.508. The summed E-state index contributed by atoms with van der Waals surface area (Å²) in [5, 5.41) is 0. The van der Waals surface area contributed by atoms with E-state index in [0.717, 1.165) is 12.8 Å². The van der Waals surface area contributed by atoms with Crippen LogP contribution in [0.1, 0.15) is 97.8 Å². The zero-order valence-corrected chi connectivity index (χ0v) is 19.2. The largest absolute Gasteiger partial charge is 0.213 e. The molecule has 2 unspecified atom stereocenters.